The van der Waals surface area contributed by atoms with Gasteiger partial charge < -0.3 is 5.11 Å². The Balaban J connectivity index is 2.31. The molecule has 0 heterocycles. The van der Waals surface area contributed by atoms with E-state index in [0.717, 1.165) is 30.4 Å². The fraction of sp³-hybridized carbons (Fsp3) is 0.381. The van der Waals surface area contributed by atoms with E-state index in [1.807, 2.05) is 12.1 Å². The molecule has 1 N–H and O–H groups in total. The molecule has 3 heteroatoms. The topological polar surface area (TPSA) is 37.3 Å². The second kappa shape index (κ2) is 7.61. The van der Waals surface area contributed by atoms with Crippen LogP contribution in [-0.4, -0.2) is 11.1 Å². The van der Waals surface area contributed by atoms with Gasteiger partial charge in [-0.2, -0.15) is 0 Å². The predicted molar refractivity (Wildman–Crippen MR) is 95.7 cm³/mol. The van der Waals surface area contributed by atoms with Crippen LogP contribution in [0.25, 0.3) is 11.1 Å². The van der Waals surface area contributed by atoms with Crippen LogP contribution in [0.2, 0.25) is 0 Å². The van der Waals surface area contributed by atoms with Crippen molar-refractivity contribution in [2.24, 2.45) is 0 Å². The lowest BCUT2D eigenvalue weighted by molar-refractivity contribution is -0.136. The molecule has 128 valence electrons. The van der Waals surface area contributed by atoms with Gasteiger partial charge in [-0.1, -0.05) is 57.2 Å². The quantitative estimate of drug-likeness (QED) is 0.719. The zero-order valence-corrected chi connectivity index (χ0v) is 14.6. The van der Waals surface area contributed by atoms with E-state index in [1.54, 1.807) is 12.1 Å². The number of hydrogen-bond donors (Lipinski definition) is 1. The van der Waals surface area contributed by atoms with Crippen LogP contribution in [0.3, 0.4) is 0 Å². The first-order valence-electron chi connectivity index (χ1n) is 8.57. The standard InChI is InChI=1S/C21H25FO2/c1-4-21(5-2,6-3)18-11-9-15(10-12-18)16-7-8-17(14-20(23)24)19(22)13-16/h7-13H,4-6,14H2,1-3H3,(H,23,24). The largest absolute Gasteiger partial charge is 0.481 e. The average molecular weight is 328 g/mol. The molecule has 2 nitrogen and oxygen atoms in total. The molecule has 0 atom stereocenters. The molecule has 0 saturated carbocycles. The Hall–Kier alpha value is -2.16. The summed E-state index contributed by atoms with van der Waals surface area (Å²) in [5, 5.41) is 8.79. The van der Waals surface area contributed by atoms with Gasteiger partial charge in [0.25, 0.3) is 0 Å². The number of benzene rings is 2. The molecule has 24 heavy (non-hydrogen) atoms. The number of aliphatic carboxylic acids is 1. The minimum absolute atomic E-state index is 0.203. The van der Waals surface area contributed by atoms with E-state index in [2.05, 4.69) is 32.9 Å². The molecule has 2 aromatic carbocycles. The van der Waals surface area contributed by atoms with Crippen molar-refractivity contribution < 1.29 is 14.3 Å². The molecule has 0 amide bonds. The second-order valence-corrected chi connectivity index (χ2v) is 6.30. The first kappa shape index (κ1) is 18.2. The van der Waals surface area contributed by atoms with Gasteiger partial charge in [-0.05, 0) is 53.0 Å². The van der Waals surface area contributed by atoms with E-state index >= 15 is 0 Å². The molecule has 0 bridgehead atoms. The Labute approximate surface area is 143 Å². The Kier molecular flexibility index (Phi) is 5.76. The van der Waals surface area contributed by atoms with E-state index in [-0.39, 0.29) is 17.4 Å². The van der Waals surface area contributed by atoms with Gasteiger partial charge in [-0.15, -0.1) is 0 Å². The zero-order chi connectivity index (χ0) is 17.7. The summed E-state index contributed by atoms with van der Waals surface area (Å²) in [5.74, 6) is -1.50. The molecule has 0 aliphatic heterocycles. The molecule has 0 spiro atoms. The fourth-order valence-electron chi connectivity index (χ4n) is 3.41. The molecule has 0 aromatic heterocycles. The highest BCUT2D eigenvalue weighted by atomic mass is 19.1. The minimum Gasteiger partial charge on any atom is -0.481 e. The van der Waals surface area contributed by atoms with Crippen molar-refractivity contribution in [3.05, 3.63) is 59.4 Å². The average Bonchev–Trinajstić information content (AvgIpc) is 2.59. The molecule has 2 rings (SSSR count). The summed E-state index contributed by atoms with van der Waals surface area (Å²) in [7, 11) is 0. The highest BCUT2D eigenvalue weighted by molar-refractivity contribution is 5.71. The number of halogens is 1. The fourth-order valence-corrected chi connectivity index (χ4v) is 3.41. The van der Waals surface area contributed by atoms with Crippen molar-refractivity contribution in [3.63, 3.8) is 0 Å². The maximum atomic E-state index is 14.1. The van der Waals surface area contributed by atoms with Crippen molar-refractivity contribution in [2.45, 2.75) is 51.9 Å². The predicted octanol–water partition coefficient (Wildman–Crippen LogP) is 5.59. The number of carboxylic acid groups (broad SMARTS) is 1. The van der Waals surface area contributed by atoms with E-state index < -0.39 is 11.8 Å². The highest BCUT2D eigenvalue weighted by Crippen LogP contribution is 2.36. The summed E-state index contributed by atoms with van der Waals surface area (Å²) in [6.45, 7) is 6.66. The van der Waals surface area contributed by atoms with Crippen LogP contribution in [0.15, 0.2) is 42.5 Å². The first-order valence-corrected chi connectivity index (χ1v) is 8.57. The first-order chi connectivity index (χ1) is 11.5. The van der Waals surface area contributed by atoms with Gasteiger partial charge >= 0.3 is 5.97 Å². The maximum absolute atomic E-state index is 14.1. The second-order valence-electron chi connectivity index (χ2n) is 6.30. The highest BCUT2D eigenvalue weighted by Gasteiger charge is 2.25. The molecule has 0 fully saturated rings. The molecule has 0 radical (unpaired) electrons. The van der Waals surface area contributed by atoms with E-state index in [4.69, 9.17) is 5.11 Å². The molecule has 0 aliphatic carbocycles. The molecule has 2 aromatic rings. The lowest BCUT2D eigenvalue weighted by atomic mass is 9.73. The van der Waals surface area contributed by atoms with Crippen molar-refractivity contribution in [1.82, 2.24) is 0 Å². The van der Waals surface area contributed by atoms with Gasteiger partial charge in [0.15, 0.2) is 0 Å². The Morgan fingerprint density at radius 3 is 1.96 bits per heavy atom. The zero-order valence-electron chi connectivity index (χ0n) is 14.6. The third kappa shape index (κ3) is 3.66. The van der Waals surface area contributed by atoms with Gasteiger partial charge in [0.2, 0.25) is 0 Å². The molecule has 0 aliphatic rings. The molecule has 0 saturated heterocycles. The summed E-state index contributed by atoms with van der Waals surface area (Å²) in [4.78, 5) is 10.7. The number of carbonyl (C=O) groups is 1. The summed E-state index contributed by atoms with van der Waals surface area (Å²) in [6, 6.07) is 13.1. The Morgan fingerprint density at radius 1 is 0.958 bits per heavy atom. The third-order valence-electron chi connectivity index (χ3n) is 5.26. The lowest BCUT2D eigenvalue weighted by Gasteiger charge is -2.31. The van der Waals surface area contributed by atoms with Crippen LogP contribution in [0.1, 0.15) is 51.2 Å². The third-order valence-corrected chi connectivity index (χ3v) is 5.26. The SMILES string of the molecule is CCC(CC)(CC)c1ccc(-c2ccc(CC(=O)O)c(F)c2)cc1. The van der Waals surface area contributed by atoms with Crippen LogP contribution in [0.4, 0.5) is 4.39 Å². The minimum atomic E-state index is -1.03. The Bertz CT molecular complexity index is 692. The van der Waals surface area contributed by atoms with Crippen LogP contribution in [0, 0.1) is 5.82 Å². The number of hydrogen-bond acceptors (Lipinski definition) is 1. The lowest BCUT2D eigenvalue weighted by Crippen LogP contribution is -2.23. The van der Waals surface area contributed by atoms with Crippen molar-refractivity contribution in [1.29, 1.82) is 0 Å². The van der Waals surface area contributed by atoms with E-state index in [0.29, 0.717) is 0 Å². The smallest absolute Gasteiger partial charge is 0.307 e. The number of rotatable bonds is 7. The molecular weight excluding hydrogens is 303 g/mol. The van der Waals surface area contributed by atoms with Gasteiger partial charge in [0.1, 0.15) is 5.82 Å². The molecular formula is C21H25FO2. The molecule has 0 unspecified atom stereocenters. The van der Waals surface area contributed by atoms with Crippen LogP contribution in [-0.2, 0) is 16.6 Å². The van der Waals surface area contributed by atoms with Crippen molar-refractivity contribution in [3.8, 4) is 11.1 Å². The monoisotopic (exact) mass is 328 g/mol. The summed E-state index contributed by atoms with van der Waals surface area (Å²) < 4.78 is 14.1. The van der Waals surface area contributed by atoms with Gasteiger partial charge in [0.05, 0.1) is 6.42 Å². The van der Waals surface area contributed by atoms with Crippen molar-refractivity contribution >= 4 is 5.97 Å². The van der Waals surface area contributed by atoms with E-state index in [9.17, 15) is 9.18 Å². The summed E-state index contributed by atoms with van der Waals surface area (Å²) in [5.41, 5.74) is 3.45. The maximum Gasteiger partial charge on any atom is 0.307 e. The normalized spacial score (nSPS) is 11.5. The van der Waals surface area contributed by atoms with Gasteiger partial charge in [-0.25, -0.2) is 4.39 Å². The summed E-state index contributed by atoms with van der Waals surface area (Å²) >= 11 is 0. The summed E-state index contributed by atoms with van der Waals surface area (Å²) in [6.07, 6.45) is 2.99. The van der Waals surface area contributed by atoms with Crippen LogP contribution in [0.5, 0.6) is 0 Å². The van der Waals surface area contributed by atoms with Gasteiger partial charge in [-0.3, -0.25) is 4.79 Å². The van der Waals surface area contributed by atoms with Crippen molar-refractivity contribution in [2.75, 3.05) is 0 Å². The van der Waals surface area contributed by atoms with E-state index in [1.165, 1.54) is 11.6 Å². The number of carboxylic acids is 1. The Morgan fingerprint density at radius 2 is 1.50 bits per heavy atom. The van der Waals surface area contributed by atoms with Crippen LogP contribution < -0.4 is 0 Å². The van der Waals surface area contributed by atoms with Crippen LogP contribution >= 0.6 is 0 Å². The van der Waals surface area contributed by atoms with Gasteiger partial charge in [0, 0.05) is 0 Å².